The lowest BCUT2D eigenvalue weighted by molar-refractivity contribution is -0.276. The number of aliphatic hydroxyl groups is 1. The summed E-state index contributed by atoms with van der Waals surface area (Å²) in [6.07, 6.45) is 6.51. The van der Waals surface area contributed by atoms with Gasteiger partial charge < -0.3 is 14.6 Å². The van der Waals surface area contributed by atoms with Gasteiger partial charge in [-0.3, -0.25) is 0 Å². The third-order valence-corrected chi connectivity index (χ3v) is 2.98. The van der Waals surface area contributed by atoms with Crippen molar-refractivity contribution in [2.75, 3.05) is 6.61 Å². The molecule has 0 saturated carbocycles. The van der Waals surface area contributed by atoms with E-state index in [1.807, 2.05) is 30.3 Å². The van der Waals surface area contributed by atoms with Gasteiger partial charge >= 0.3 is 0 Å². The van der Waals surface area contributed by atoms with Crippen LogP contribution in [0.4, 0.5) is 0 Å². The second kappa shape index (κ2) is 5.36. The molecule has 1 aliphatic heterocycles. The molecule has 0 aliphatic carbocycles. The number of hydrogen-bond donors (Lipinski definition) is 1. The molecule has 0 aromatic heterocycles. The van der Waals surface area contributed by atoms with Gasteiger partial charge in [-0.1, -0.05) is 42.3 Å². The second-order valence-corrected chi connectivity index (χ2v) is 4.27. The van der Waals surface area contributed by atoms with Gasteiger partial charge in [0.2, 0.25) is 0 Å². The molecule has 1 saturated heterocycles. The van der Waals surface area contributed by atoms with Crippen molar-refractivity contribution in [1.82, 2.24) is 0 Å². The Morgan fingerprint density at radius 2 is 2.22 bits per heavy atom. The standard InChI is InChI=1S/C15H16O3/c1-3-8-13-15(16,4-2)11-17-14(18-13)12-9-6-5-7-10-12/h2-3,5-7,9-10,13-14,16H,1,8,11H2/t13-,14+,15+/m0/s1. The molecule has 3 atom stereocenters. The quantitative estimate of drug-likeness (QED) is 0.653. The molecule has 2 rings (SSSR count). The fourth-order valence-electron chi connectivity index (χ4n) is 1.92. The Labute approximate surface area is 107 Å². The van der Waals surface area contributed by atoms with Crippen molar-refractivity contribution in [1.29, 1.82) is 0 Å². The number of terminal acetylenes is 1. The van der Waals surface area contributed by atoms with Crippen LogP contribution >= 0.6 is 0 Å². The predicted molar refractivity (Wildman–Crippen MR) is 68.6 cm³/mol. The molecule has 1 fully saturated rings. The van der Waals surface area contributed by atoms with Crippen LogP contribution in [0, 0.1) is 12.3 Å². The van der Waals surface area contributed by atoms with Crippen LogP contribution in [0.5, 0.6) is 0 Å². The van der Waals surface area contributed by atoms with E-state index >= 15 is 0 Å². The third-order valence-electron chi connectivity index (χ3n) is 2.98. The van der Waals surface area contributed by atoms with Crippen LogP contribution in [0.25, 0.3) is 0 Å². The van der Waals surface area contributed by atoms with Crippen LogP contribution in [0.3, 0.4) is 0 Å². The molecule has 18 heavy (non-hydrogen) atoms. The molecule has 0 radical (unpaired) electrons. The van der Waals surface area contributed by atoms with Crippen LogP contribution in [0.15, 0.2) is 43.0 Å². The van der Waals surface area contributed by atoms with Crippen LogP contribution in [0.1, 0.15) is 18.3 Å². The topological polar surface area (TPSA) is 38.7 Å². The SMILES string of the molecule is C#C[C@@]1(O)CO[C@@H](c2ccccc2)O[C@H]1CC=C. The van der Waals surface area contributed by atoms with Gasteiger partial charge in [-0.2, -0.15) is 0 Å². The van der Waals surface area contributed by atoms with Gasteiger partial charge in [-0.15, -0.1) is 13.0 Å². The average Bonchev–Trinajstić information content (AvgIpc) is 2.42. The van der Waals surface area contributed by atoms with E-state index in [-0.39, 0.29) is 6.61 Å². The highest BCUT2D eigenvalue weighted by molar-refractivity contribution is 5.19. The van der Waals surface area contributed by atoms with Crippen molar-refractivity contribution in [3.8, 4) is 12.3 Å². The molecule has 1 heterocycles. The van der Waals surface area contributed by atoms with Crippen molar-refractivity contribution >= 4 is 0 Å². The first kappa shape index (κ1) is 12.8. The molecule has 3 heteroatoms. The maximum absolute atomic E-state index is 10.2. The summed E-state index contributed by atoms with van der Waals surface area (Å²) in [5, 5.41) is 10.2. The maximum atomic E-state index is 10.2. The summed E-state index contributed by atoms with van der Waals surface area (Å²) < 4.78 is 11.2. The normalized spacial score (nSPS) is 31.6. The minimum Gasteiger partial charge on any atom is -0.373 e. The largest absolute Gasteiger partial charge is 0.373 e. The summed E-state index contributed by atoms with van der Waals surface area (Å²) in [4.78, 5) is 0. The third kappa shape index (κ3) is 2.46. The number of rotatable bonds is 3. The van der Waals surface area contributed by atoms with Gasteiger partial charge in [0.25, 0.3) is 0 Å². The van der Waals surface area contributed by atoms with Gasteiger partial charge in [0.15, 0.2) is 11.9 Å². The molecule has 1 N–H and O–H groups in total. The van der Waals surface area contributed by atoms with E-state index in [1.165, 1.54) is 0 Å². The molecule has 0 spiro atoms. The highest BCUT2D eigenvalue weighted by atomic mass is 16.7. The van der Waals surface area contributed by atoms with Crippen molar-refractivity contribution in [2.45, 2.75) is 24.4 Å². The van der Waals surface area contributed by atoms with Gasteiger partial charge in [0, 0.05) is 5.56 Å². The minimum atomic E-state index is -1.39. The van der Waals surface area contributed by atoms with E-state index in [1.54, 1.807) is 6.08 Å². The fraction of sp³-hybridized carbons (Fsp3) is 0.333. The molecule has 94 valence electrons. The van der Waals surface area contributed by atoms with Crippen LogP contribution in [0.2, 0.25) is 0 Å². The Kier molecular flexibility index (Phi) is 3.83. The smallest absolute Gasteiger partial charge is 0.184 e. The summed E-state index contributed by atoms with van der Waals surface area (Å²) >= 11 is 0. The van der Waals surface area contributed by atoms with Gasteiger partial charge in [0.1, 0.15) is 6.10 Å². The van der Waals surface area contributed by atoms with Gasteiger partial charge in [0.05, 0.1) is 6.61 Å². The summed E-state index contributed by atoms with van der Waals surface area (Å²) in [5.74, 6) is 2.34. The summed E-state index contributed by atoms with van der Waals surface area (Å²) in [6, 6.07) is 9.57. The minimum absolute atomic E-state index is 0.0571. The van der Waals surface area contributed by atoms with Crippen molar-refractivity contribution in [3.05, 3.63) is 48.6 Å². The summed E-state index contributed by atoms with van der Waals surface area (Å²) in [6.45, 7) is 3.71. The van der Waals surface area contributed by atoms with E-state index in [0.717, 1.165) is 5.56 Å². The van der Waals surface area contributed by atoms with E-state index in [4.69, 9.17) is 15.9 Å². The first-order valence-corrected chi connectivity index (χ1v) is 5.82. The highest BCUT2D eigenvalue weighted by Gasteiger charge is 2.42. The molecular weight excluding hydrogens is 228 g/mol. The molecule has 1 aromatic carbocycles. The number of hydrogen-bond acceptors (Lipinski definition) is 3. The Hall–Kier alpha value is -1.60. The van der Waals surface area contributed by atoms with Crippen LogP contribution < -0.4 is 0 Å². The summed E-state index contributed by atoms with van der Waals surface area (Å²) in [7, 11) is 0. The van der Waals surface area contributed by atoms with Crippen LogP contribution in [-0.4, -0.2) is 23.4 Å². The van der Waals surface area contributed by atoms with E-state index in [9.17, 15) is 5.11 Å². The van der Waals surface area contributed by atoms with E-state index in [2.05, 4.69) is 12.5 Å². The lowest BCUT2D eigenvalue weighted by atomic mass is 9.94. The van der Waals surface area contributed by atoms with Crippen molar-refractivity contribution < 1.29 is 14.6 Å². The predicted octanol–water partition coefficient (Wildman–Crippen LogP) is 2.04. The Bertz CT molecular complexity index is 449. The molecular formula is C15H16O3. The van der Waals surface area contributed by atoms with Gasteiger partial charge in [-0.05, 0) is 6.42 Å². The zero-order chi connectivity index (χ0) is 13.0. The number of benzene rings is 1. The second-order valence-electron chi connectivity index (χ2n) is 4.27. The number of ether oxygens (including phenoxy) is 2. The molecule has 3 nitrogen and oxygen atoms in total. The van der Waals surface area contributed by atoms with E-state index in [0.29, 0.717) is 6.42 Å². The molecule has 0 unspecified atom stereocenters. The molecule has 0 bridgehead atoms. The maximum Gasteiger partial charge on any atom is 0.184 e. The molecule has 1 aromatic rings. The Morgan fingerprint density at radius 1 is 1.50 bits per heavy atom. The highest BCUT2D eigenvalue weighted by Crippen LogP contribution is 2.32. The monoisotopic (exact) mass is 244 g/mol. The Morgan fingerprint density at radius 3 is 2.83 bits per heavy atom. The van der Waals surface area contributed by atoms with Crippen molar-refractivity contribution in [3.63, 3.8) is 0 Å². The summed E-state index contributed by atoms with van der Waals surface area (Å²) in [5.41, 5.74) is -0.481. The van der Waals surface area contributed by atoms with Crippen molar-refractivity contribution in [2.24, 2.45) is 0 Å². The lowest BCUT2D eigenvalue weighted by Gasteiger charge is -2.39. The molecule has 0 amide bonds. The lowest BCUT2D eigenvalue weighted by Crippen LogP contribution is -2.51. The fourth-order valence-corrected chi connectivity index (χ4v) is 1.92. The average molecular weight is 244 g/mol. The zero-order valence-electron chi connectivity index (χ0n) is 10.1. The first-order chi connectivity index (χ1) is 8.69. The van der Waals surface area contributed by atoms with E-state index < -0.39 is 18.0 Å². The first-order valence-electron chi connectivity index (χ1n) is 5.82. The van der Waals surface area contributed by atoms with Crippen LogP contribution in [-0.2, 0) is 9.47 Å². The zero-order valence-corrected chi connectivity index (χ0v) is 10.1. The molecule has 1 aliphatic rings. The van der Waals surface area contributed by atoms with Gasteiger partial charge in [-0.25, -0.2) is 0 Å². The Balaban J connectivity index is 2.17.